The van der Waals surface area contributed by atoms with Crippen molar-refractivity contribution in [2.45, 2.75) is 19.8 Å². The summed E-state index contributed by atoms with van der Waals surface area (Å²) in [7, 11) is 0. The number of thiazole rings is 1. The second-order valence-corrected chi connectivity index (χ2v) is 5.23. The molecular weight excluding hydrogens is 260 g/mol. The highest BCUT2D eigenvalue weighted by Gasteiger charge is 2.13. The summed E-state index contributed by atoms with van der Waals surface area (Å²) in [6, 6.07) is 7.06. The van der Waals surface area contributed by atoms with Crippen LogP contribution in [0.2, 0.25) is 0 Å². The Kier molecular flexibility index (Phi) is 4.13. The van der Waals surface area contributed by atoms with Crippen LogP contribution < -0.4 is 16.6 Å². The number of nitrogens with zero attached hydrogens (tertiary/aromatic N) is 1. The summed E-state index contributed by atoms with van der Waals surface area (Å²) in [5.41, 5.74) is 4.56. The van der Waals surface area contributed by atoms with Gasteiger partial charge in [0.2, 0.25) is 0 Å². The Balaban J connectivity index is 2.16. The molecule has 2 aromatic rings. The number of anilines is 2. The van der Waals surface area contributed by atoms with E-state index in [1.54, 1.807) is 18.2 Å². The Morgan fingerprint density at radius 1 is 1.37 bits per heavy atom. The predicted molar refractivity (Wildman–Crippen MR) is 78.4 cm³/mol. The minimum Gasteiger partial charge on any atom is -0.323 e. The summed E-state index contributed by atoms with van der Waals surface area (Å²) in [6.07, 6.45) is 0. The molecule has 1 aromatic carbocycles. The van der Waals surface area contributed by atoms with E-state index < -0.39 is 0 Å². The van der Waals surface area contributed by atoms with Gasteiger partial charge in [0.1, 0.15) is 0 Å². The van der Waals surface area contributed by atoms with E-state index in [-0.39, 0.29) is 5.91 Å². The zero-order valence-corrected chi connectivity index (χ0v) is 11.6. The smallest absolute Gasteiger partial charge is 0.259 e. The van der Waals surface area contributed by atoms with Crippen LogP contribution in [-0.4, -0.2) is 10.9 Å². The maximum Gasteiger partial charge on any atom is 0.259 e. The zero-order valence-electron chi connectivity index (χ0n) is 10.8. The van der Waals surface area contributed by atoms with Crippen LogP contribution >= 0.6 is 11.3 Å². The number of amides is 1. The fourth-order valence-electron chi connectivity index (χ4n) is 1.58. The molecule has 0 aliphatic heterocycles. The lowest BCUT2D eigenvalue weighted by Crippen LogP contribution is -2.17. The van der Waals surface area contributed by atoms with Crippen LogP contribution in [0.25, 0.3) is 0 Å². The van der Waals surface area contributed by atoms with Crippen molar-refractivity contribution in [3.05, 3.63) is 40.9 Å². The molecule has 0 fully saturated rings. The van der Waals surface area contributed by atoms with Gasteiger partial charge < -0.3 is 5.43 Å². The van der Waals surface area contributed by atoms with Gasteiger partial charge in [0.05, 0.1) is 16.9 Å². The number of hydrazine groups is 1. The second-order valence-electron chi connectivity index (χ2n) is 4.38. The summed E-state index contributed by atoms with van der Waals surface area (Å²) in [4.78, 5) is 16.5. The highest BCUT2D eigenvalue weighted by atomic mass is 32.1. The van der Waals surface area contributed by atoms with Crippen molar-refractivity contribution in [3.63, 3.8) is 0 Å². The first-order valence-corrected chi connectivity index (χ1v) is 6.82. The van der Waals surface area contributed by atoms with Gasteiger partial charge in [-0.15, -0.1) is 11.3 Å². The van der Waals surface area contributed by atoms with Crippen molar-refractivity contribution in [2.75, 3.05) is 10.7 Å². The van der Waals surface area contributed by atoms with Crippen molar-refractivity contribution >= 4 is 28.1 Å². The second kappa shape index (κ2) is 5.81. The van der Waals surface area contributed by atoms with Crippen molar-refractivity contribution in [2.24, 2.45) is 5.84 Å². The Morgan fingerprint density at radius 2 is 2.11 bits per heavy atom. The van der Waals surface area contributed by atoms with Gasteiger partial charge in [-0.25, -0.2) is 4.98 Å². The lowest BCUT2D eigenvalue weighted by atomic mass is 10.1. The Labute approximate surface area is 115 Å². The van der Waals surface area contributed by atoms with E-state index in [4.69, 9.17) is 5.84 Å². The molecule has 0 aliphatic rings. The first-order valence-electron chi connectivity index (χ1n) is 5.94. The minimum atomic E-state index is -0.224. The molecule has 0 unspecified atom stereocenters. The van der Waals surface area contributed by atoms with Gasteiger partial charge in [0.15, 0.2) is 5.13 Å². The average Bonchev–Trinajstić information content (AvgIpc) is 2.87. The molecule has 1 amide bonds. The molecule has 0 bridgehead atoms. The van der Waals surface area contributed by atoms with Gasteiger partial charge in [0.25, 0.3) is 5.91 Å². The van der Waals surface area contributed by atoms with E-state index in [9.17, 15) is 4.79 Å². The van der Waals surface area contributed by atoms with Gasteiger partial charge in [-0.2, -0.15) is 0 Å². The first kappa shape index (κ1) is 13.5. The number of hydrogen-bond donors (Lipinski definition) is 3. The molecule has 0 atom stereocenters. The minimum absolute atomic E-state index is 0.224. The standard InChI is InChI=1S/C13H16N4OS/c1-8(2)11-7-19-13(15-11)16-12(18)9-5-3-4-6-10(9)17-14/h3-8,17H,14H2,1-2H3,(H,15,16,18). The van der Waals surface area contributed by atoms with E-state index in [0.717, 1.165) is 5.69 Å². The Hall–Kier alpha value is -1.92. The summed E-state index contributed by atoms with van der Waals surface area (Å²) < 4.78 is 0. The lowest BCUT2D eigenvalue weighted by Gasteiger charge is -2.07. The Bertz CT molecular complexity index is 580. The fourth-order valence-corrected chi connectivity index (χ4v) is 2.45. The fraction of sp³-hybridized carbons (Fsp3) is 0.231. The maximum atomic E-state index is 12.1. The zero-order chi connectivity index (χ0) is 13.8. The molecule has 2 rings (SSSR count). The van der Waals surface area contributed by atoms with E-state index >= 15 is 0 Å². The molecule has 0 spiro atoms. The topological polar surface area (TPSA) is 80.0 Å². The molecule has 6 heteroatoms. The van der Waals surface area contributed by atoms with Crippen LogP contribution in [0.1, 0.15) is 35.8 Å². The third-order valence-corrected chi connectivity index (χ3v) is 3.44. The van der Waals surface area contributed by atoms with E-state index in [1.165, 1.54) is 11.3 Å². The van der Waals surface area contributed by atoms with Crippen molar-refractivity contribution in [1.29, 1.82) is 0 Å². The highest BCUT2D eigenvalue weighted by Crippen LogP contribution is 2.23. The first-order chi connectivity index (χ1) is 9.11. The molecule has 0 aliphatic carbocycles. The summed E-state index contributed by atoms with van der Waals surface area (Å²) in [5.74, 6) is 5.51. The molecular formula is C13H16N4OS. The third kappa shape index (κ3) is 3.10. The molecule has 100 valence electrons. The Morgan fingerprint density at radius 3 is 2.74 bits per heavy atom. The van der Waals surface area contributed by atoms with E-state index in [2.05, 4.69) is 29.6 Å². The molecule has 19 heavy (non-hydrogen) atoms. The average molecular weight is 276 g/mol. The number of nitrogen functional groups attached to an aromatic ring is 1. The van der Waals surface area contributed by atoms with Crippen LogP contribution in [-0.2, 0) is 0 Å². The van der Waals surface area contributed by atoms with Crippen LogP contribution in [0.5, 0.6) is 0 Å². The summed E-state index contributed by atoms with van der Waals surface area (Å²) in [5, 5.41) is 5.33. The van der Waals surface area contributed by atoms with Crippen LogP contribution in [0, 0.1) is 0 Å². The van der Waals surface area contributed by atoms with Gasteiger partial charge in [-0.1, -0.05) is 26.0 Å². The van der Waals surface area contributed by atoms with Crippen molar-refractivity contribution in [1.82, 2.24) is 4.98 Å². The van der Waals surface area contributed by atoms with Crippen LogP contribution in [0.4, 0.5) is 10.8 Å². The van der Waals surface area contributed by atoms with E-state index in [0.29, 0.717) is 22.3 Å². The molecule has 0 saturated carbocycles. The number of nitrogens with two attached hydrogens (primary N) is 1. The largest absolute Gasteiger partial charge is 0.323 e. The van der Waals surface area contributed by atoms with Gasteiger partial charge in [0, 0.05) is 5.38 Å². The molecule has 5 nitrogen and oxygen atoms in total. The number of carbonyl (C=O) groups is 1. The molecule has 4 N–H and O–H groups in total. The number of rotatable bonds is 4. The number of para-hydroxylation sites is 1. The van der Waals surface area contributed by atoms with Gasteiger partial charge in [-0.05, 0) is 18.1 Å². The number of benzene rings is 1. The molecule has 1 aromatic heterocycles. The number of nitrogens with one attached hydrogen (secondary N) is 2. The van der Waals surface area contributed by atoms with Crippen molar-refractivity contribution < 1.29 is 4.79 Å². The third-order valence-electron chi connectivity index (χ3n) is 2.66. The number of hydrogen-bond acceptors (Lipinski definition) is 5. The molecule has 0 saturated heterocycles. The molecule has 0 radical (unpaired) electrons. The summed E-state index contributed by atoms with van der Waals surface area (Å²) >= 11 is 1.42. The summed E-state index contributed by atoms with van der Waals surface area (Å²) in [6.45, 7) is 4.13. The lowest BCUT2D eigenvalue weighted by molar-refractivity contribution is 0.102. The van der Waals surface area contributed by atoms with Gasteiger partial charge >= 0.3 is 0 Å². The predicted octanol–water partition coefficient (Wildman–Crippen LogP) is 2.80. The molecule has 1 heterocycles. The SMILES string of the molecule is CC(C)c1csc(NC(=O)c2ccccc2NN)n1. The normalized spacial score (nSPS) is 10.5. The quantitative estimate of drug-likeness (QED) is 0.592. The van der Waals surface area contributed by atoms with E-state index in [1.807, 2.05) is 11.4 Å². The van der Waals surface area contributed by atoms with Crippen molar-refractivity contribution in [3.8, 4) is 0 Å². The number of carbonyl (C=O) groups excluding carboxylic acids is 1. The highest BCUT2D eigenvalue weighted by molar-refractivity contribution is 7.14. The maximum absolute atomic E-state index is 12.1. The van der Waals surface area contributed by atoms with Gasteiger partial charge in [-0.3, -0.25) is 16.0 Å². The monoisotopic (exact) mass is 276 g/mol. The number of aromatic nitrogens is 1. The van der Waals surface area contributed by atoms with Crippen LogP contribution in [0.3, 0.4) is 0 Å². The van der Waals surface area contributed by atoms with Crippen LogP contribution in [0.15, 0.2) is 29.6 Å².